The second-order valence-corrected chi connectivity index (χ2v) is 7.65. The van der Waals surface area contributed by atoms with Gasteiger partial charge in [0.25, 0.3) is 5.91 Å². The largest absolute Gasteiger partial charge is 0.493 e. The molecule has 5 heteroatoms. The van der Waals surface area contributed by atoms with Gasteiger partial charge in [-0.1, -0.05) is 6.07 Å². The molecule has 0 spiro atoms. The van der Waals surface area contributed by atoms with Gasteiger partial charge in [0.2, 0.25) is 0 Å². The topological polar surface area (TPSA) is 48.0 Å². The lowest BCUT2D eigenvalue weighted by Gasteiger charge is -2.25. The fourth-order valence-corrected chi connectivity index (χ4v) is 4.18. The summed E-state index contributed by atoms with van der Waals surface area (Å²) in [4.78, 5) is 14.9. The van der Waals surface area contributed by atoms with Gasteiger partial charge in [0.15, 0.2) is 17.7 Å². The van der Waals surface area contributed by atoms with E-state index in [1.54, 1.807) is 19.1 Å². The van der Waals surface area contributed by atoms with Gasteiger partial charge in [-0.25, -0.2) is 0 Å². The van der Waals surface area contributed by atoms with Crippen molar-refractivity contribution in [3.8, 4) is 11.5 Å². The Morgan fingerprint density at radius 1 is 0.964 bits per heavy atom. The maximum atomic E-state index is 13.2. The number of fused-ring (bicyclic) bond motifs is 1. The summed E-state index contributed by atoms with van der Waals surface area (Å²) in [5.74, 6) is 1.31. The molecule has 0 N–H and O–H groups in total. The zero-order valence-corrected chi connectivity index (χ0v) is 17.0. The number of ether oxygens (including phenoxy) is 3. The molecule has 1 heterocycles. The lowest BCUT2D eigenvalue weighted by molar-refractivity contribution is 0.0822. The first-order valence-corrected chi connectivity index (χ1v) is 9.85. The fourth-order valence-electron chi connectivity index (χ4n) is 4.18. The third-order valence-electron chi connectivity index (χ3n) is 5.86. The molecule has 0 aromatic heterocycles. The van der Waals surface area contributed by atoms with Crippen LogP contribution in [0.25, 0.3) is 0 Å². The summed E-state index contributed by atoms with van der Waals surface area (Å²) in [6, 6.07) is 9.65. The van der Waals surface area contributed by atoms with Gasteiger partial charge in [0.1, 0.15) is 0 Å². The summed E-state index contributed by atoms with van der Waals surface area (Å²) in [5.41, 5.74) is 4.60. The molecule has 28 heavy (non-hydrogen) atoms. The zero-order chi connectivity index (χ0) is 19.8. The van der Waals surface area contributed by atoms with Crippen LogP contribution in [0.15, 0.2) is 30.3 Å². The Kier molecular flexibility index (Phi) is 5.02. The molecule has 1 amide bonds. The average Bonchev–Trinajstić information content (AvgIpc) is 3.29. The number of rotatable bonds is 5. The number of benzene rings is 2. The normalized spacial score (nSPS) is 19.2. The third-order valence-corrected chi connectivity index (χ3v) is 5.86. The van der Waals surface area contributed by atoms with Crippen LogP contribution in [0.1, 0.15) is 59.0 Å². The van der Waals surface area contributed by atoms with Crippen LogP contribution in [-0.2, 0) is 4.74 Å². The van der Waals surface area contributed by atoms with E-state index in [0.29, 0.717) is 17.1 Å². The minimum Gasteiger partial charge on any atom is -0.493 e. The SMILES string of the molecule is COc1ccc(N2C(=O)c3cc(C)c(C)cc3C2OC)cc1OC1CCCC1. The molecule has 1 aliphatic heterocycles. The van der Waals surface area contributed by atoms with Crippen molar-refractivity contribution < 1.29 is 19.0 Å². The van der Waals surface area contributed by atoms with Crippen molar-refractivity contribution in [1.29, 1.82) is 0 Å². The second-order valence-electron chi connectivity index (χ2n) is 7.65. The van der Waals surface area contributed by atoms with E-state index in [0.717, 1.165) is 35.2 Å². The van der Waals surface area contributed by atoms with E-state index in [-0.39, 0.29) is 12.0 Å². The van der Waals surface area contributed by atoms with Crippen molar-refractivity contribution >= 4 is 11.6 Å². The Balaban J connectivity index is 1.72. The third kappa shape index (κ3) is 3.14. The minimum atomic E-state index is -0.450. The van der Waals surface area contributed by atoms with Crippen molar-refractivity contribution in [1.82, 2.24) is 0 Å². The Morgan fingerprint density at radius 2 is 1.68 bits per heavy atom. The minimum absolute atomic E-state index is 0.0538. The van der Waals surface area contributed by atoms with Gasteiger partial charge in [0.05, 0.1) is 18.9 Å². The summed E-state index contributed by atoms with van der Waals surface area (Å²) >= 11 is 0. The van der Waals surface area contributed by atoms with Gasteiger partial charge < -0.3 is 14.2 Å². The predicted molar refractivity (Wildman–Crippen MR) is 108 cm³/mol. The summed E-state index contributed by atoms with van der Waals surface area (Å²) in [5, 5.41) is 0. The van der Waals surface area contributed by atoms with Gasteiger partial charge in [-0.05, 0) is 68.9 Å². The van der Waals surface area contributed by atoms with Gasteiger partial charge in [-0.2, -0.15) is 0 Å². The molecule has 1 atom stereocenters. The van der Waals surface area contributed by atoms with Crippen molar-refractivity contribution in [3.63, 3.8) is 0 Å². The molecule has 148 valence electrons. The highest BCUT2D eigenvalue weighted by Gasteiger charge is 2.38. The van der Waals surface area contributed by atoms with Gasteiger partial charge in [-0.3, -0.25) is 9.69 Å². The molecule has 5 nitrogen and oxygen atoms in total. The quantitative estimate of drug-likeness (QED) is 0.736. The molecule has 0 radical (unpaired) electrons. The molecule has 1 aliphatic carbocycles. The monoisotopic (exact) mass is 381 g/mol. The van der Waals surface area contributed by atoms with Gasteiger partial charge in [0, 0.05) is 24.3 Å². The maximum Gasteiger partial charge on any atom is 0.261 e. The number of hydrogen-bond donors (Lipinski definition) is 0. The van der Waals surface area contributed by atoms with Crippen LogP contribution in [0.4, 0.5) is 5.69 Å². The molecule has 1 unspecified atom stereocenters. The van der Waals surface area contributed by atoms with Crippen molar-refractivity contribution in [2.45, 2.75) is 51.9 Å². The maximum absolute atomic E-state index is 13.2. The Labute approximate surface area is 166 Å². The number of carbonyl (C=O) groups is 1. The van der Waals surface area contributed by atoms with Crippen LogP contribution in [0.2, 0.25) is 0 Å². The van der Waals surface area contributed by atoms with Gasteiger partial charge >= 0.3 is 0 Å². The number of hydrogen-bond acceptors (Lipinski definition) is 4. The molecular formula is C23H27NO4. The molecule has 2 aliphatic rings. The lowest BCUT2D eigenvalue weighted by atomic mass is 10.0. The van der Waals surface area contributed by atoms with Crippen LogP contribution in [-0.4, -0.2) is 26.2 Å². The summed E-state index contributed by atoms with van der Waals surface area (Å²) in [7, 11) is 3.27. The second kappa shape index (κ2) is 7.47. The Morgan fingerprint density at radius 3 is 2.36 bits per heavy atom. The summed E-state index contributed by atoms with van der Waals surface area (Å²) < 4.78 is 17.4. The smallest absolute Gasteiger partial charge is 0.261 e. The van der Waals surface area contributed by atoms with Gasteiger partial charge in [-0.15, -0.1) is 0 Å². The Hall–Kier alpha value is -2.53. The van der Waals surface area contributed by atoms with Crippen LogP contribution in [0, 0.1) is 13.8 Å². The van der Waals surface area contributed by atoms with E-state index in [1.165, 1.54) is 12.8 Å². The first kappa shape index (κ1) is 18.8. The van der Waals surface area contributed by atoms with E-state index in [1.807, 2.05) is 31.2 Å². The molecule has 2 aromatic carbocycles. The van der Waals surface area contributed by atoms with Crippen LogP contribution < -0.4 is 14.4 Å². The molecule has 2 aromatic rings. The van der Waals surface area contributed by atoms with Crippen molar-refractivity contribution in [2.75, 3.05) is 19.1 Å². The zero-order valence-electron chi connectivity index (χ0n) is 17.0. The van der Waals surface area contributed by atoms with E-state index in [9.17, 15) is 4.79 Å². The summed E-state index contributed by atoms with van der Waals surface area (Å²) in [6.45, 7) is 4.07. The van der Waals surface area contributed by atoms with Crippen LogP contribution >= 0.6 is 0 Å². The first-order valence-electron chi connectivity index (χ1n) is 9.85. The summed E-state index contributed by atoms with van der Waals surface area (Å²) in [6.07, 6.45) is 4.25. The first-order chi connectivity index (χ1) is 13.5. The molecule has 1 saturated carbocycles. The number of aryl methyl sites for hydroxylation is 2. The molecular weight excluding hydrogens is 354 g/mol. The number of amides is 1. The van der Waals surface area contributed by atoms with E-state index < -0.39 is 6.23 Å². The average molecular weight is 381 g/mol. The Bertz CT molecular complexity index is 902. The highest BCUT2D eigenvalue weighted by atomic mass is 16.5. The molecule has 1 fully saturated rings. The molecule has 4 rings (SSSR count). The fraction of sp³-hybridized carbons (Fsp3) is 0.435. The van der Waals surface area contributed by atoms with E-state index >= 15 is 0 Å². The van der Waals surface area contributed by atoms with Crippen LogP contribution in [0.3, 0.4) is 0 Å². The molecule has 0 bridgehead atoms. The molecule has 0 saturated heterocycles. The van der Waals surface area contributed by atoms with E-state index in [2.05, 4.69) is 13.0 Å². The van der Waals surface area contributed by atoms with Crippen molar-refractivity contribution in [2.24, 2.45) is 0 Å². The highest BCUT2D eigenvalue weighted by Crippen LogP contribution is 2.42. The number of carbonyl (C=O) groups excluding carboxylic acids is 1. The standard InChI is InChI=1S/C23H27NO4/c1-14-11-18-19(12-15(14)2)23(27-4)24(22(18)25)16-9-10-20(26-3)21(13-16)28-17-7-5-6-8-17/h9-13,17,23H,5-8H2,1-4H3. The van der Waals surface area contributed by atoms with E-state index in [4.69, 9.17) is 14.2 Å². The van der Waals surface area contributed by atoms with Crippen LogP contribution in [0.5, 0.6) is 11.5 Å². The number of anilines is 1. The predicted octanol–water partition coefficient (Wildman–Crippen LogP) is 4.94. The highest BCUT2D eigenvalue weighted by molar-refractivity contribution is 6.11. The van der Waals surface area contributed by atoms with Crippen molar-refractivity contribution in [3.05, 3.63) is 52.6 Å². The number of methoxy groups -OCH3 is 2. The number of nitrogens with zero attached hydrogens (tertiary/aromatic N) is 1. The lowest BCUT2D eigenvalue weighted by Crippen LogP contribution is -2.28.